The lowest BCUT2D eigenvalue weighted by atomic mass is 10.0. The first kappa shape index (κ1) is 15.7. The molecular weight excluding hydrogens is 286 g/mol. The fourth-order valence-corrected chi connectivity index (χ4v) is 2.90. The summed E-state index contributed by atoms with van der Waals surface area (Å²) < 4.78 is 27.4. The number of aryl methyl sites for hydroxylation is 2. The minimum absolute atomic E-state index is 0.595. The molecule has 112 valence electrons. The Morgan fingerprint density at radius 2 is 1.71 bits per heavy atom. The SMILES string of the molecule is Cc1cc(C)cc(-c2cccc([C@@H](C)OS(C)(=O)=O)n2)c1. The zero-order chi connectivity index (χ0) is 15.6. The molecule has 0 bridgehead atoms. The fourth-order valence-electron chi connectivity index (χ4n) is 2.27. The minimum Gasteiger partial charge on any atom is -0.261 e. The molecule has 1 aromatic carbocycles. The van der Waals surface area contributed by atoms with Crippen molar-refractivity contribution >= 4 is 10.1 Å². The van der Waals surface area contributed by atoms with E-state index in [0.29, 0.717) is 5.69 Å². The van der Waals surface area contributed by atoms with Gasteiger partial charge in [-0.2, -0.15) is 8.42 Å². The lowest BCUT2D eigenvalue weighted by molar-refractivity contribution is 0.232. The van der Waals surface area contributed by atoms with Crippen molar-refractivity contribution in [3.63, 3.8) is 0 Å². The maximum atomic E-state index is 11.2. The fraction of sp³-hybridized carbons (Fsp3) is 0.312. The topological polar surface area (TPSA) is 56.3 Å². The zero-order valence-electron chi connectivity index (χ0n) is 12.6. The van der Waals surface area contributed by atoms with Crippen LogP contribution in [0.2, 0.25) is 0 Å². The van der Waals surface area contributed by atoms with Crippen LogP contribution in [0.5, 0.6) is 0 Å². The highest BCUT2D eigenvalue weighted by Crippen LogP contribution is 2.23. The van der Waals surface area contributed by atoms with Gasteiger partial charge in [0.1, 0.15) is 6.10 Å². The van der Waals surface area contributed by atoms with Gasteiger partial charge in [-0.1, -0.05) is 23.3 Å². The molecule has 2 rings (SSSR count). The molecule has 1 aromatic heterocycles. The van der Waals surface area contributed by atoms with Gasteiger partial charge in [0, 0.05) is 5.56 Å². The van der Waals surface area contributed by atoms with Gasteiger partial charge in [-0.3, -0.25) is 9.17 Å². The van der Waals surface area contributed by atoms with E-state index in [1.54, 1.807) is 13.0 Å². The van der Waals surface area contributed by atoms with Crippen LogP contribution in [0.1, 0.15) is 29.8 Å². The first-order valence-corrected chi connectivity index (χ1v) is 8.50. The number of nitrogens with zero attached hydrogens (tertiary/aromatic N) is 1. The third kappa shape index (κ3) is 4.37. The highest BCUT2D eigenvalue weighted by molar-refractivity contribution is 7.86. The average molecular weight is 305 g/mol. The lowest BCUT2D eigenvalue weighted by Crippen LogP contribution is -2.09. The van der Waals surface area contributed by atoms with E-state index in [4.69, 9.17) is 4.18 Å². The molecule has 0 saturated carbocycles. The molecule has 0 saturated heterocycles. The predicted octanol–water partition coefficient (Wildman–Crippen LogP) is 3.40. The Hall–Kier alpha value is -1.72. The van der Waals surface area contributed by atoms with E-state index in [2.05, 4.69) is 23.2 Å². The Balaban J connectivity index is 2.37. The van der Waals surface area contributed by atoms with E-state index in [0.717, 1.165) is 28.6 Å². The molecule has 5 heteroatoms. The third-order valence-electron chi connectivity index (χ3n) is 3.02. The summed E-state index contributed by atoms with van der Waals surface area (Å²) in [7, 11) is -3.50. The molecule has 0 aliphatic rings. The van der Waals surface area contributed by atoms with Gasteiger partial charge < -0.3 is 0 Å². The Bertz CT molecular complexity index is 734. The van der Waals surface area contributed by atoms with Crippen LogP contribution in [0.25, 0.3) is 11.3 Å². The van der Waals surface area contributed by atoms with E-state index >= 15 is 0 Å². The van der Waals surface area contributed by atoms with Crippen molar-refractivity contribution in [2.75, 3.05) is 6.26 Å². The monoisotopic (exact) mass is 305 g/mol. The second kappa shape index (κ2) is 5.95. The van der Waals surface area contributed by atoms with E-state index in [-0.39, 0.29) is 0 Å². The van der Waals surface area contributed by atoms with Gasteiger partial charge in [-0.15, -0.1) is 0 Å². The van der Waals surface area contributed by atoms with Crippen LogP contribution in [0.4, 0.5) is 0 Å². The number of rotatable bonds is 4. The largest absolute Gasteiger partial charge is 0.265 e. The van der Waals surface area contributed by atoms with Crippen molar-refractivity contribution in [3.05, 3.63) is 53.2 Å². The maximum Gasteiger partial charge on any atom is 0.265 e. The van der Waals surface area contributed by atoms with Crippen molar-refractivity contribution in [2.24, 2.45) is 0 Å². The Labute approximate surface area is 125 Å². The van der Waals surface area contributed by atoms with Crippen LogP contribution in [0, 0.1) is 13.8 Å². The van der Waals surface area contributed by atoms with Gasteiger partial charge in [0.25, 0.3) is 10.1 Å². The standard InChI is InChI=1S/C16H19NO3S/c1-11-8-12(2)10-14(9-11)16-7-5-6-15(17-16)13(3)20-21(4,18)19/h5-10,13H,1-4H3/t13-/m1/s1. The van der Waals surface area contributed by atoms with Crippen LogP contribution in [-0.4, -0.2) is 19.7 Å². The van der Waals surface area contributed by atoms with Crippen LogP contribution in [0.15, 0.2) is 36.4 Å². The lowest BCUT2D eigenvalue weighted by Gasteiger charge is -2.12. The smallest absolute Gasteiger partial charge is 0.261 e. The summed E-state index contributed by atoms with van der Waals surface area (Å²) in [6, 6.07) is 11.7. The molecule has 0 spiro atoms. The summed E-state index contributed by atoms with van der Waals surface area (Å²) in [6.45, 7) is 5.75. The van der Waals surface area contributed by atoms with Crippen LogP contribution in [-0.2, 0) is 14.3 Å². The Morgan fingerprint density at radius 1 is 1.10 bits per heavy atom. The van der Waals surface area contributed by atoms with E-state index in [9.17, 15) is 8.42 Å². The first-order chi connectivity index (χ1) is 9.74. The summed E-state index contributed by atoms with van der Waals surface area (Å²) in [4.78, 5) is 4.52. The van der Waals surface area contributed by atoms with Crippen molar-refractivity contribution in [1.29, 1.82) is 0 Å². The number of hydrogen-bond donors (Lipinski definition) is 0. The number of pyridine rings is 1. The molecule has 0 aliphatic heterocycles. The third-order valence-corrected chi connectivity index (χ3v) is 3.66. The molecule has 0 amide bonds. The molecule has 1 atom stereocenters. The van der Waals surface area contributed by atoms with Gasteiger partial charge in [-0.25, -0.2) is 0 Å². The van der Waals surface area contributed by atoms with E-state index < -0.39 is 16.2 Å². The second-order valence-electron chi connectivity index (χ2n) is 5.27. The molecule has 0 aliphatic carbocycles. The van der Waals surface area contributed by atoms with E-state index in [1.165, 1.54) is 0 Å². The summed E-state index contributed by atoms with van der Waals surface area (Å²) in [5.74, 6) is 0. The highest BCUT2D eigenvalue weighted by Gasteiger charge is 2.14. The minimum atomic E-state index is -3.50. The normalized spacial score (nSPS) is 13.1. The second-order valence-corrected chi connectivity index (χ2v) is 6.87. The van der Waals surface area contributed by atoms with Crippen LogP contribution >= 0.6 is 0 Å². The highest BCUT2D eigenvalue weighted by atomic mass is 32.2. The molecule has 0 N–H and O–H groups in total. The van der Waals surface area contributed by atoms with Gasteiger partial charge in [0.2, 0.25) is 0 Å². The summed E-state index contributed by atoms with van der Waals surface area (Å²) in [6.07, 6.45) is 0.433. The summed E-state index contributed by atoms with van der Waals surface area (Å²) in [5, 5.41) is 0. The van der Waals surface area contributed by atoms with E-state index in [1.807, 2.05) is 26.0 Å². The van der Waals surface area contributed by atoms with Crippen molar-refractivity contribution in [2.45, 2.75) is 26.9 Å². The Kier molecular flexibility index (Phi) is 4.44. The maximum absolute atomic E-state index is 11.2. The first-order valence-electron chi connectivity index (χ1n) is 6.68. The van der Waals surface area contributed by atoms with Crippen molar-refractivity contribution in [3.8, 4) is 11.3 Å². The Morgan fingerprint density at radius 3 is 2.29 bits per heavy atom. The summed E-state index contributed by atoms with van der Waals surface area (Å²) in [5.41, 5.74) is 4.75. The van der Waals surface area contributed by atoms with Crippen molar-refractivity contribution < 1.29 is 12.6 Å². The number of aromatic nitrogens is 1. The number of benzene rings is 1. The summed E-state index contributed by atoms with van der Waals surface area (Å²) >= 11 is 0. The molecule has 0 unspecified atom stereocenters. The van der Waals surface area contributed by atoms with Crippen molar-refractivity contribution in [1.82, 2.24) is 4.98 Å². The molecule has 0 radical (unpaired) electrons. The van der Waals surface area contributed by atoms with Gasteiger partial charge in [0.05, 0.1) is 17.6 Å². The molecule has 1 heterocycles. The zero-order valence-corrected chi connectivity index (χ0v) is 13.4. The average Bonchev–Trinajstić information content (AvgIpc) is 2.36. The molecular formula is C16H19NO3S. The van der Waals surface area contributed by atoms with Gasteiger partial charge in [-0.05, 0) is 45.0 Å². The molecule has 4 nitrogen and oxygen atoms in total. The van der Waals surface area contributed by atoms with Crippen LogP contribution in [0.3, 0.4) is 0 Å². The van der Waals surface area contributed by atoms with Gasteiger partial charge >= 0.3 is 0 Å². The molecule has 2 aromatic rings. The predicted molar refractivity (Wildman–Crippen MR) is 83.5 cm³/mol. The van der Waals surface area contributed by atoms with Gasteiger partial charge in [0.15, 0.2) is 0 Å². The number of hydrogen-bond acceptors (Lipinski definition) is 4. The molecule has 21 heavy (non-hydrogen) atoms. The van der Waals surface area contributed by atoms with Crippen LogP contribution < -0.4 is 0 Å². The molecule has 0 fully saturated rings. The quantitative estimate of drug-likeness (QED) is 0.812.